The molecular weight excluding hydrogens is 757 g/mol. The summed E-state index contributed by atoms with van der Waals surface area (Å²) < 4.78 is 16.8. The molecule has 0 fully saturated rings. The number of allylic oxidation sites excluding steroid dienone is 6. The summed E-state index contributed by atoms with van der Waals surface area (Å²) in [4.78, 5) is 37.9. The number of carbonyl (C=O) groups is 3. The minimum atomic E-state index is -0.777. The summed E-state index contributed by atoms with van der Waals surface area (Å²) in [5.74, 6) is -0.889. The monoisotopic (exact) mass is 857 g/mol. The Hall–Kier alpha value is -2.37. The summed E-state index contributed by atoms with van der Waals surface area (Å²) in [5, 5.41) is 0. The van der Waals surface area contributed by atoms with E-state index in [4.69, 9.17) is 14.2 Å². The maximum Gasteiger partial charge on any atom is 0.306 e. The molecule has 6 nitrogen and oxygen atoms in total. The van der Waals surface area contributed by atoms with Gasteiger partial charge in [-0.3, -0.25) is 14.4 Å². The fourth-order valence-electron chi connectivity index (χ4n) is 7.53. The van der Waals surface area contributed by atoms with Crippen LogP contribution in [0.15, 0.2) is 36.5 Å². The smallest absolute Gasteiger partial charge is 0.306 e. The zero-order valence-electron chi connectivity index (χ0n) is 40.7. The molecular formula is C55H100O6. The Kier molecular flexibility index (Phi) is 48.3. The fourth-order valence-corrected chi connectivity index (χ4v) is 7.53. The van der Waals surface area contributed by atoms with Crippen molar-refractivity contribution >= 4 is 17.9 Å². The van der Waals surface area contributed by atoms with Crippen LogP contribution in [-0.2, 0) is 28.6 Å². The molecule has 6 heteroatoms. The highest BCUT2D eigenvalue weighted by molar-refractivity contribution is 5.71. The van der Waals surface area contributed by atoms with Crippen LogP contribution in [0.1, 0.15) is 278 Å². The second-order valence-corrected chi connectivity index (χ2v) is 17.8. The van der Waals surface area contributed by atoms with E-state index in [1.54, 1.807) is 0 Å². The SMILES string of the molecule is CCCC/C=C\CCCCCCCC(=O)OC[C@@H](COC(=O)CCCCCCC/C=C\CCCCCC)OC(=O)CCCCCCCCCCC/C=C\CCCCCCCC. The third-order valence-corrected chi connectivity index (χ3v) is 11.6. The number of ether oxygens (including phenoxy) is 3. The number of hydrogen-bond acceptors (Lipinski definition) is 6. The summed E-state index contributed by atoms with van der Waals surface area (Å²) in [6, 6.07) is 0. The van der Waals surface area contributed by atoms with E-state index in [1.807, 2.05) is 0 Å². The summed E-state index contributed by atoms with van der Waals surface area (Å²) in [7, 11) is 0. The molecule has 356 valence electrons. The van der Waals surface area contributed by atoms with Gasteiger partial charge in [-0.15, -0.1) is 0 Å². The topological polar surface area (TPSA) is 78.9 Å². The van der Waals surface area contributed by atoms with Crippen LogP contribution in [0.3, 0.4) is 0 Å². The largest absolute Gasteiger partial charge is 0.462 e. The molecule has 0 aliphatic heterocycles. The van der Waals surface area contributed by atoms with Gasteiger partial charge in [0.1, 0.15) is 13.2 Å². The standard InChI is InChI=1S/C55H100O6/c1-4-7-10-13-16-19-22-24-25-26-27-28-29-31-34-37-40-43-46-49-55(58)61-52(50-59-53(56)47-44-41-38-35-32-21-18-15-12-9-6-3)51-60-54(57)48-45-42-39-36-33-30-23-20-17-14-11-8-5-2/h15,18,20,23-25,52H,4-14,16-17,19,21-22,26-51H2,1-3H3/b18-15-,23-20-,25-24-/t52-/m0/s1. The van der Waals surface area contributed by atoms with Gasteiger partial charge >= 0.3 is 17.9 Å². The van der Waals surface area contributed by atoms with Crippen molar-refractivity contribution in [2.75, 3.05) is 13.2 Å². The lowest BCUT2D eigenvalue weighted by molar-refractivity contribution is -0.167. The molecule has 0 radical (unpaired) electrons. The van der Waals surface area contributed by atoms with Gasteiger partial charge in [0.05, 0.1) is 0 Å². The molecule has 0 rings (SSSR count). The molecule has 0 aromatic heterocycles. The van der Waals surface area contributed by atoms with Gasteiger partial charge in [0.25, 0.3) is 0 Å². The Morgan fingerprint density at radius 1 is 0.311 bits per heavy atom. The van der Waals surface area contributed by atoms with Crippen LogP contribution in [0.2, 0.25) is 0 Å². The molecule has 0 saturated carbocycles. The minimum absolute atomic E-state index is 0.0784. The van der Waals surface area contributed by atoms with E-state index in [-0.39, 0.29) is 31.1 Å². The molecule has 0 spiro atoms. The van der Waals surface area contributed by atoms with Gasteiger partial charge in [-0.2, -0.15) is 0 Å². The third-order valence-electron chi connectivity index (χ3n) is 11.6. The van der Waals surface area contributed by atoms with Crippen molar-refractivity contribution in [2.45, 2.75) is 284 Å². The first-order valence-corrected chi connectivity index (χ1v) is 26.5. The van der Waals surface area contributed by atoms with E-state index in [0.717, 1.165) is 70.6 Å². The number of esters is 3. The van der Waals surface area contributed by atoms with E-state index in [2.05, 4.69) is 57.2 Å². The highest BCUT2D eigenvalue weighted by Gasteiger charge is 2.19. The molecule has 0 aromatic rings. The lowest BCUT2D eigenvalue weighted by Crippen LogP contribution is -2.30. The van der Waals surface area contributed by atoms with Crippen molar-refractivity contribution in [3.63, 3.8) is 0 Å². The van der Waals surface area contributed by atoms with Crippen molar-refractivity contribution in [1.82, 2.24) is 0 Å². The second-order valence-electron chi connectivity index (χ2n) is 17.8. The Morgan fingerprint density at radius 2 is 0.557 bits per heavy atom. The minimum Gasteiger partial charge on any atom is -0.462 e. The molecule has 0 bridgehead atoms. The first-order chi connectivity index (χ1) is 30.0. The fraction of sp³-hybridized carbons (Fsp3) is 0.836. The molecule has 0 aliphatic carbocycles. The number of hydrogen-bond donors (Lipinski definition) is 0. The first-order valence-electron chi connectivity index (χ1n) is 26.5. The Balaban J connectivity index is 4.33. The maximum absolute atomic E-state index is 12.8. The summed E-state index contributed by atoms with van der Waals surface area (Å²) in [5.41, 5.74) is 0. The van der Waals surface area contributed by atoms with Gasteiger partial charge in [0.15, 0.2) is 6.10 Å². The maximum atomic E-state index is 12.8. The molecule has 61 heavy (non-hydrogen) atoms. The quantitative estimate of drug-likeness (QED) is 0.0262. The zero-order chi connectivity index (χ0) is 44.4. The van der Waals surface area contributed by atoms with Crippen molar-refractivity contribution in [3.05, 3.63) is 36.5 Å². The number of rotatable bonds is 48. The van der Waals surface area contributed by atoms with Crippen LogP contribution in [-0.4, -0.2) is 37.2 Å². The first kappa shape index (κ1) is 58.6. The second kappa shape index (κ2) is 50.3. The van der Waals surface area contributed by atoms with Gasteiger partial charge in [-0.25, -0.2) is 0 Å². The Bertz CT molecular complexity index is 1030. The van der Waals surface area contributed by atoms with E-state index >= 15 is 0 Å². The van der Waals surface area contributed by atoms with Gasteiger partial charge in [-0.05, 0) is 89.9 Å². The average molecular weight is 857 g/mol. The van der Waals surface area contributed by atoms with Gasteiger partial charge in [0, 0.05) is 19.3 Å². The van der Waals surface area contributed by atoms with E-state index in [9.17, 15) is 14.4 Å². The van der Waals surface area contributed by atoms with Crippen molar-refractivity contribution in [1.29, 1.82) is 0 Å². The number of carbonyl (C=O) groups excluding carboxylic acids is 3. The summed E-state index contributed by atoms with van der Waals surface area (Å²) in [6.45, 7) is 6.58. The highest BCUT2D eigenvalue weighted by atomic mass is 16.6. The van der Waals surface area contributed by atoms with E-state index in [0.29, 0.717) is 19.3 Å². The Morgan fingerprint density at radius 3 is 0.885 bits per heavy atom. The molecule has 0 amide bonds. The summed E-state index contributed by atoms with van der Waals surface area (Å²) >= 11 is 0. The van der Waals surface area contributed by atoms with Crippen LogP contribution >= 0.6 is 0 Å². The van der Waals surface area contributed by atoms with Gasteiger partial charge in [0.2, 0.25) is 0 Å². The predicted octanol–water partition coefficient (Wildman–Crippen LogP) is 17.3. The third kappa shape index (κ3) is 48.5. The molecule has 0 aliphatic rings. The van der Waals surface area contributed by atoms with Gasteiger partial charge in [-0.1, -0.05) is 205 Å². The molecule has 0 aromatic carbocycles. The van der Waals surface area contributed by atoms with E-state index < -0.39 is 6.10 Å². The van der Waals surface area contributed by atoms with Crippen LogP contribution in [0.4, 0.5) is 0 Å². The Labute approximate surface area is 378 Å². The molecule has 0 N–H and O–H groups in total. The lowest BCUT2D eigenvalue weighted by atomic mass is 10.1. The van der Waals surface area contributed by atoms with Crippen LogP contribution in [0.25, 0.3) is 0 Å². The molecule has 0 unspecified atom stereocenters. The van der Waals surface area contributed by atoms with Crippen LogP contribution in [0.5, 0.6) is 0 Å². The molecule has 0 saturated heterocycles. The van der Waals surface area contributed by atoms with Crippen molar-refractivity contribution in [2.24, 2.45) is 0 Å². The number of unbranched alkanes of at least 4 members (excludes halogenated alkanes) is 31. The lowest BCUT2D eigenvalue weighted by Gasteiger charge is -2.18. The van der Waals surface area contributed by atoms with Gasteiger partial charge < -0.3 is 14.2 Å². The molecule has 0 heterocycles. The van der Waals surface area contributed by atoms with E-state index in [1.165, 1.54) is 167 Å². The molecule has 1 atom stereocenters. The van der Waals surface area contributed by atoms with Crippen LogP contribution < -0.4 is 0 Å². The highest BCUT2D eigenvalue weighted by Crippen LogP contribution is 2.15. The average Bonchev–Trinajstić information content (AvgIpc) is 3.26. The zero-order valence-corrected chi connectivity index (χ0v) is 40.7. The summed E-state index contributed by atoms with van der Waals surface area (Å²) in [6.07, 6.45) is 58.4. The van der Waals surface area contributed by atoms with Crippen molar-refractivity contribution in [3.8, 4) is 0 Å². The normalized spacial score (nSPS) is 12.2. The predicted molar refractivity (Wildman–Crippen MR) is 261 cm³/mol. The van der Waals surface area contributed by atoms with Crippen LogP contribution in [0, 0.1) is 0 Å². The van der Waals surface area contributed by atoms with Crippen molar-refractivity contribution < 1.29 is 28.6 Å².